The van der Waals surface area contributed by atoms with Gasteiger partial charge in [-0.2, -0.15) is 0 Å². The van der Waals surface area contributed by atoms with Crippen molar-refractivity contribution < 1.29 is 9.90 Å². The van der Waals surface area contributed by atoms with Gasteiger partial charge in [-0.15, -0.1) is 0 Å². The predicted molar refractivity (Wildman–Crippen MR) is 94.3 cm³/mol. The predicted octanol–water partition coefficient (Wildman–Crippen LogP) is 1.39. The number of nitrogens with zero attached hydrogens (tertiary/aromatic N) is 4. The maximum absolute atomic E-state index is 11.1. The number of likely N-dealkylation sites (N-methyl/N-ethyl adjacent to an activating group) is 1. The van der Waals surface area contributed by atoms with Gasteiger partial charge in [-0.1, -0.05) is 6.07 Å². The molecule has 2 saturated heterocycles. The molecule has 1 aromatic heterocycles. The average Bonchev–Trinajstić information content (AvgIpc) is 2.61. The SMILES string of the molecule is CN1CCN([C@H]2CCN(c3ccccn3)C[C@H]2CCC(=O)O)CC1. The van der Waals surface area contributed by atoms with E-state index in [9.17, 15) is 4.79 Å². The lowest BCUT2D eigenvalue weighted by Gasteiger charge is -2.46. The molecule has 2 aliphatic rings. The van der Waals surface area contributed by atoms with Gasteiger partial charge in [0.2, 0.25) is 0 Å². The van der Waals surface area contributed by atoms with Gasteiger partial charge in [0.1, 0.15) is 5.82 Å². The second kappa shape index (κ2) is 7.94. The second-order valence-electron chi connectivity index (χ2n) is 7.02. The molecule has 0 unspecified atom stereocenters. The van der Waals surface area contributed by atoms with Gasteiger partial charge in [0.15, 0.2) is 0 Å². The Morgan fingerprint density at radius 3 is 2.71 bits per heavy atom. The molecule has 0 aliphatic carbocycles. The van der Waals surface area contributed by atoms with Crippen molar-refractivity contribution in [1.29, 1.82) is 0 Å². The Balaban J connectivity index is 1.68. The quantitative estimate of drug-likeness (QED) is 0.879. The molecule has 0 spiro atoms. The van der Waals surface area contributed by atoms with Crippen molar-refractivity contribution in [3.63, 3.8) is 0 Å². The molecule has 6 nitrogen and oxygen atoms in total. The number of rotatable bonds is 5. The van der Waals surface area contributed by atoms with Crippen LogP contribution < -0.4 is 4.90 Å². The first kappa shape index (κ1) is 17.2. The Kier molecular flexibility index (Phi) is 5.68. The molecule has 2 aliphatic heterocycles. The summed E-state index contributed by atoms with van der Waals surface area (Å²) < 4.78 is 0. The fourth-order valence-corrected chi connectivity index (χ4v) is 4.00. The minimum atomic E-state index is -0.693. The molecule has 2 fully saturated rings. The molecule has 2 atom stereocenters. The third kappa shape index (κ3) is 4.24. The van der Waals surface area contributed by atoms with Crippen LogP contribution >= 0.6 is 0 Å². The first-order chi connectivity index (χ1) is 11.6. The topological polar surface area (TPSA) is 59.9 Å². The summed E-state index contributed by atoms with van der Waals surface area (Å²) in [7, 11) is 2.17. The Hall–Kier alpha value is -1.66. The first-order valence-corrected chi connectivity index (χ1v) is 8.94. The molecule has 6 heteroatoms. The van der Waals surface area contributed by atoms with E-state index in [1.165, 1.54) is 0 Å². The molecular weight excluding hydrogens is 304 g/mol. The van der Waals surface area contributed by atoms with Gasteiger partial charge in [0.25, 0.3) is 0 Å². The lowest BCUT2D eigenvalue weighted by Crippen LogP contribution is -2.56. The van der Waals surface area contributed by atoms with Gasteiger partial charge in [-0.25, -0.2) is 4.98 Å². The van der Waals surface area contributed by atoms with Crippen molar-refractivity contribution in [3.8, 4) is 0 Å². The van der Waals surface area contributed by atoms with Crippen molar-refractivity contribution in [3.05, 3.63) is 24.4 Å². The van der Waals surface area contributed by atoms with E-state index in [-0.39, 0.29) is 6.42 Å². The monoisotopic (exact) mass is 332 g/mol. The minimum absolute atomic E-state index is 0.255. The molecule has 0 amide bonds. The summed E-state index contributed by atoms with van der Waals surface area (Å²) in [5.41, 5.74) is 0. The average molecular weight is 332 g/mol. The number of anilines is 1. The van der Waals surface area contributed by atoms with E-state index in [1.807, 2.05) is 24.4 Å². The van der Waals surface area contributed by atoms with E-state index >= 15 is 0 Å². The number of aliphatic carboxylic acids is 1. The largest absolute Gasteiger partial charge is 0.481 e. The number of carboxylic acid groups (broad SMARTS) is 1. The van der Waals surface area contributed by atoms with Gasteiger partial charge in [0, 0.05) is 57.9 Å². The van der Waals surface area contributed by atoms with Crippen LogP contribution in [0.15, 0.2) is 24.4 Å². The standard InChI is InChI=1S/C18H28N4O2/c1-20-10-12-21(13-11-20)16-7-9-22(17-4-2-3-8-19-17)14-15(16)5-6-18(23)24/h2-4,8,15-16H,5-7,9-14H2,1H3,(H,23,24)/t15-,16+/m1/s1. The zero-order valence-electron chi connectivity index (χ0n) is 14.5. The maximum atomic E-state index is 11.1. The van der Waals surface area contributed by atoms with E-state index in [4.69, 9.17) is 5.11 Å². The lowest BCUT2D eigenvalue weighted by atomic mass is 9.86. The molecule has 3 heterocycles. The fraction of sp³-hybridized carbons (Fsp3) is 0.667. The van der Waals surface area contributed by atoms with Crippen LogP contribution in [0.3, 0.4) is 0 Å². The summed E-state index contributed by atoms with van der Waals surface area (Å²) in [5, 5.41) is 9.11. The van der Waals surface area contributed by atoms with Crippen LogP contribution in [0.4, 0.5) is 5.82 Å². The number of hydrogen-bond donors (Lipinski definition) is 1. The van der Waals surface area contributed by atoms with E-state index < -0.39 is 5.97 Å². The van der Waals surface area contributed by atoms with Crippen LogP contribution in [0.2, 0.25) is 0 Å². The molecule has 1 N–H and O–H groups in total. The Bertz CT molecular complexity index is 531. The van der Waals surface area contributed by atoms with Crippen LogP contribution in [0.25, 0.3) is 0 Å². The second-order valence-corrected chi connectivity index (χ2v) is 7.02. The molecular formula is C18H28N4O2. The fourth-order valence-electron chi connectivity index (χ4n) is 4.00. The number of pyridine rings is 1. The summed E-state index contributed by atoms with van der Waals surface area (Å²) in [6, 6.07) is 6.49. The van der Waals surface area contributed by atoms with Gasteiger partial charge < -0.3 is 14.9 Å². The van der Waals surface area contributed by atoms with Crippen LogP contribution in [-0.2, 0) is 4.79 Å². The smallest absolute Gasteiger partial charge is 0.303 e. The lowest BCUT2D eigenvalue weighted by molar-refractivity contribution is -0.137. The number of piperazine rings is 1. The van der Waals surface area contributed by atoms with E-state index in [0.29, 0.717) is 12.0 Å². The zero-order chi connectivity index (χ0) is 16.9. The summed E-state index contributed by atoms with van der Waals surface area (Å²) in [5.74, 6) is 0.706. The van der Waals surface area contributed by atoms with Gasteiger partial charge in [-0.3, -0.25) is 9.69 Å². The number of hydrogen-bond acceptors (Lipinski definition) is 5. The highest BCUT2D eigenvalue weighted by Crippen LogP contribution is 2.29. The molecule has 1 aromatic rings. The van der Waals surface area contributed by atoms with Gasteiger partial charge >= 0.3 is 5.97 Å². The number of carbonyl (C=O) groups is 1. The molecule has 0 radical (unpaired) electrons. The van der Waals surface area contributed by atoms with E-state index in [0.717, 1.165) is 57.9 Å². The first-order valence-electron chi connectivity index (χ1n) is 8.94. The van der Waals surface area contributed by atoms with Crippen LogP contribution in [0, 0.1) is 5.92 Å². The summed E-state index contributed by atoms with van der Waals surface area (Å²) in [4.78, 5) is 22.8. The maximum Gasteiger partial charge on any atom is 0.303 e. The molecule has 132 valence electrons. The van der Waals surface area contributed by atoms with Crippen molar-refractivity contribution in [2.24, 2.45) is 5.92 Å². The summed E-state index contributed by atoms with van der Waals surface area (Å²) in [6.45, 7) is 6.29. The molecule has 0 saturated carbocycles. The van der Waals surface area contributed by atoms with Crippen molar-refractivity contribution in [1.82, 2.24) is 14.8 Å². The van der Waals surface area contributed by atoms with E-state index in [2.05, 4.69) is 26.7 Å². The highest BCUT2D eigenvalue weighted by Gasteiger charge is 2.34. The van der Waals surface area contributed by atoms with Gasteiger partial charge in [0.05, 0.1) is 0 Å². The minimum Gasteiger partial charge on any atom is -0.481 e. The van der Waals surface area contributed by atoms with Crippen LogP contribution in [0.5, 0.6) is 0 Å². The van der Waals surface area contributed by atoms with Crippen molar-refractivity contribution in [2.75, 3.05) is 51.2 Å². The Morgan fingerprint density at radius 2 is 2.04 bits per heavy atom. The Morgan fingerprint density at radius 1 is 1.25 bits per heavy atom. The normalized spacial score (nSPS) is 26.5. The van der Waals surface area contributed by atoms with Crippen LogP contribution in [-0.4, -0.2) is 78.2 Å². The number of piperidine rings is 1. The van der Waals surface area contributed by atoms with Crippen molar-refractivity contribution in [2.45, 2.75) is 25.3 Å². The molecule has 0 aromatic carbocycles. The Labute approximate surface area is 144 Å². The van der Waals surface area contributed by atoms with Crippen LogP contribution in [0.1, 0.15) is 19.3 Å². The zero-order valence-corrected chi connectivity index (χ0v) is 14.5. The third-order valence-electron chi connectivity index (χ3n) is 5.40. The highest BCUT2D eigenvalue weighted by atomic mass is 16.4. The number of carboxylic acids is 1. The third-order valence-corrected chi connectivity index (χ3v) is 5.40. The highest BCUT2D eigenvalue weighted by molar-refractivity contribution is 5.66. The van der Waals surface area contributed by atoms with Gasteiger partial charge in [-0.05, 0) is 37.9 Å². The molecule has 0 bridgehead atoms. The van der Waals surface area contributed by atoms with E-state index in [1.54, 1.807) is 0 Å². The number of aromatic nitrogens is 1. The summed E-state index contributed by atoms with van der Waals surface area (Å²) in [6.07, 6.45) is 3.92. The van der Waals surface area contributed by atoms with Crippen molar-refractivity contribution >= 4 is 11.8 Å². The summed E-state index contributed by atoms with van der Waals surface area (Å²) >= 11 is 0. The molecule has 24 heavy (non-hydrogen) atoms. The molecule has 3 rings (SSSR count).